The Kier molecular flexibility index (Phi) is 6.36. The van der Waals surface area contributed by atoms with Gasteiger partial charge in [-0.1, -0.05) is 36.4 Å². The molecule has 0 bridgehead atoms. The van der Waals surface area contributed by atoms with Gasteiger partial charge in [-0.05, 0) is 36.6 Å². The minimum atomic E-state index is -0.759. The van der Waals surface area contributed by atoms with E-state index in [0.717, 1.165) is 11.1 Å². The molecule has 2 aliphatic heterocycles. The zero-order chi connectivity index (χ0) is 22.7. The van der Waals surface area contributed by atoms with Crippen LogP contribution < -0.4 is 16.0 Å². The van der Waals surface area contributed by atoms with Gasteiger partial charge in [0.25, 0.3) is 0 Å². The van der Waals surface area contributed by atoms with Crippen LogP contribution in [-0.2, 0) is 20.9 Å². The maximum atomic E-state index is 13.4. The molecule has 2 aliphatic rings. The Morgan fingerprint density at radius 1 is 1.22 bits per heavy atom. The molecule has 3 N–H and O–H groups in total. The van der Waals surface area contributed by atoms with Crippen molar-refractivity contribution in [1.82, 2.24) is 15.5 Å². The molecule has 0 radical (unpaired) electrons. The molecule has 0 aliphatic carbocycles. The predicted molar refractivity (Wildman–Crippen MR) is 115 cm³/mol. The van der Waals surface area contributed by atoms with Gasteiger partial charge in [0.05, 0.1) is 19.3 Å². The first-order valence-electron chi connectivity index (χ1n) is 10.5. The molecule has 0 spiro atoms. The van der Waals surface area contributed by atoms with Crippen LogP contribution in [0.1, 0.15) is 17.5 Å². The summed E-state index contributed by atoms with van der Waals surface area (Å²) in [7, 11) is 0. The van der Waals surface area contributed by atoms with Crippen molar-refractivity contribution in [3.8, 4) is 0 Å². The van der Waals surface area contributed by atoms with E-state index >= 15 is 0 Å². The first-order chi connectivity index (χ1) is 15.4. The maximum Gasteiger partial charge on any atom is 0.319 e. The first-order valence-corrected chi connectivity index (χ1v) is 10.5. The standard InChI is InChI=1S/C23H25FN4O4/c1-14-7-8-16(24)9-18(14)27-23(31)25-17-10-20-21(29)26-19(22(30)28(20)11-17)13-32-12-15-5-3-2-4-6-15/h2-9,17,19-20H,10-13H2,1H3,(H,26,29)(H2,25,27,31)/t17-,19-,20-/m0/s1. The number of hydrogen-bond acceptors (Lipinski definition) is 4. The quantitative estimate of drug-likeness (QED) is 0.639. The third-order valence-corrected chi connectivity index (χ3v) is 5.68. The van der Waals surface area contributed by atoms with E-state index in [1.807, 2.05) is 30.3 Å². The highest BCUT2D eigenvalue weighted by Gasteiger charge is 2.46. The van der Waals surface area contributed by atoms with Crippen molar-refractivity contribution in [3.63, 3.8) is 0 Å². The van der Waals surface area contributed by atoms with Crippen LogP contribution in [0, 0.1) is 12.7 Å². The molecular weight excluding hydrogens is 415 g/mol. The van der Waals surface area contributed by atoms with Crippen LogP contribution >= 0.6 is 0 Å². The minimum Gasteiger partial charge on any atom is -0.374 e. The fourth-order valence-electron chi connectivity index (χ4n) is 4.02. The number of nitrogens with one attached hydrogen (secondary N) is 3. The van der Waals surface area contributed by atoms with Gasteiger partial charge in [-0.25, -0.2) is 9.18 Å². The number of halogens is 1. The maximum absolute atomic E-state index is 13.4. The third kappa shape index (κ3) is 4.88. The molecule has 0 unspecified atom stereocenters. The molecule has 8 nitrogen and oxygen atoms in total. The Bertz CT molecular complexity index is 1020. The smallest absolute Gasteiger partial charge is 0.319 e. The molecule has 2 heterocycles. The van der Waals surface area contributed by atoms with E-state index in [-0.39, 0.29) is 25.0 Å². The Morgan fingerprint density at radius 3 is 2.78 bits per heavy atom. The number of urea groups is 1. The van der Waals surface area contributed by atoms with Gasteiger partial charge >= 0.3 is 6.03 Å². The van der Waals surface area contributed by atoms with Crippen LogP contribution in [0.25, 0.3) is 0 Å². The highest BCUT2D eigenvalue weighted by molar-refractivity contribution is 5.98. The number of fused-ring (bicyclic) bond motifs is 1. The van der Waals surface area contributed by atoms with Gasteiger partial charge in [0, 0.05) is 12.2 Å². The summed E-state index contributed by atoms with van der Waals surface area (Å²) in [4.78, 5) is 39.3. The molecular formula is C23H25FN4O4. The normalized spacial score (nSPS) is 22.3. The Labute approximate surface area is 185 Å². The molecule has 2 aromatic carbocycles. The topological polar surface area (TPSA) is 99.8 Å². The monoisotopic (exact) mass is 440 g/mol. The second kappa shape index (κ2) is 9.35. The van der Waals surface area contributed by atoms with Crippen molar-refractivity contribution in [1.29, 1.82) is 0 Å². The minimum absolute atomic E-state index is 0.0696. The third-order valence-electron chi connectivity index (χ3n) is 5.68. The highest BCUT2D eigenvalue weighted by Crippen LogP contribution is 2.23. The summed E-state index contributed by atoms with van der Waals surface area (Å²) in [5.74, 6) is -0.941. The number of piperazine rings is 1. The zero-order valence-electron chi connectivity index (χ0n) is 17.6. The summed E-state index contributed by atoms with van der Waals surface area (Å²) in [5, 5.41) is 8.12. The molecule has 168 valence electrons. The van der Waals surface area contributed by atoms with E-state index in [0.29, 0.717) is 18.7 Å². The van der Waals surface area contributed by atoms with E-state index in [1.54, 1.807) is 13.0 Å². The summed E-state index contributed by atoms with van der Waals surface area (Å²) in [6.45, 7) is 2.39. The SMILES string of the molecule is Cc1ccc(F)cc1NC(=O)N[C@H]1C[C@H]2C(=O)N[C@@H](COCc3ccccc3)C(=O)N2C1. The lowest BCUT2D eigenvalue weighted by atomic mass is 10.1. The van der Waals surface area contributed by atoms with E-state index in [4.69, 9.17) is 4.74 Å². The second-order valence-electron chi connectivity index (χ2n) is 8.06. The van der Waals surface area contributed by atoms with Gasteiger partial charge in [-0.2, -0.15) is 0 Å². The Morgan fingerprint density at radius 2 is 2.00 bits per heavy atom. The first kappa shape index (κ1) is 21.8. The largest absolute Gasteiger partial charge is 0.374 e. The molecule has 2 fully saturated rings. The number of ether oxygens (including phenoxy) is 1. The summed E-state index contributed by atoms with van der Waals surface area (Å²) in [6, 6.07) is 11.4. The van der Waals surface area contributed by atoms with Crippen LogP contribution in [0.4, 0.5) is 14.9 Å². The van der Waals surface area contributed by atoms with Gasteiger partial charge in [0.1, 0.15) is 17.9 Å². The molecule has 2 saturated heterocycles. The number of carbonyl (C=O) groups excluding carboxylic acids is 3. The van der Waals surface area contributed by atoms with Gasteiger partial charge in [-0.15, -0.1) is 0 Å². The van der Waals surface area contributed by atoms with Gasteiger partial charge in [0.2, 0.25) is 11.8 Å². The Hall–Kier alpha value is -3.46. The van der Waals surface area contributed by atoms with Crippen molar-refractivity contribution >= 4 is 23.5 Å². The number of rotatable bonds is 6. The summed E-state index contributed by atoms with van der Waals surface area (Å²) < 4.78 is 19.1. The highest BCUT2D eigenvalue weighted by atomic mass is 19.1. The van der Waals surface area contributed by atoms with Crippen molar-refractivity contribution in [2.24, 2.45) is 0 Å². The number of nitrogens with zero attached hydrogens (tertiary/aromatic N) is 1. The van der Waals surface area contributed by atoms with Gasteiger partial charge in [0.15, 0.2) is 0 Å². The number of hydrogen-bond donors (Lipinski definition) is 3. The number of aryl methyl sites for hydroxylation is 1. The summed E-state index contributed by atoms with van der Waals surface area (Å²) in [5.41, 5.74) is 2.06. The van der Waals surface area contributed by atoms with E-state index in [1.165, 1.54) is 17.0 Å². The average molecular weight is 440 g/mol. The molecule has 4 rings (SSSR count). The van der Waals surface area contributed by atoms with Crippen LogP contribution in [0.5, 0.6) is 0 Å². The number of amides is 4. The van der Waals surface area contributed by atoms with Crippen LogP contribution in [-0.4, -0.2) is 54.0 Å². The fourth-order valence-corrected chi connectivity index (χ4v) is 4.02. The fraction of sp³-hybridized carbons (Fsp3) is 0.348. The molecule has 0 aromatic heterocycles. The van der Waals surface area contributed by atoms with Crippen molar-refractivity contribution < 1.29 is 23.5 Å². The lowest BCUT2D eigenvalue weighted by molar-refractivity contribution is -0.148. The lowest BCUT2D eigenvalue weighted by Crippen LogP contribution is -2.62. The Balaban J connectivity index is 1.31. The van der Waals surface area contributed by atoms with Gasteiger partial charge in [-0.3, -0.25) is 9.59 Å². The lowest BCUT2D eigenvalue weighted by Gasteiger charge is -2.34. The van der Waals surface area contributed by atoms with Crippen molar-refractivity contribution in [3.05, 3.63) is 65.5 Å². The summed E-state index contributed by atoms with van der Waals surface area (Å²) in [6.07, 6.45) is 0.310. The molecule has 4 amide bonds. The van der Waals surface area contributed by atoms with Crippen LogP contribution in [0.15, 0.2) is 48.5 Å². The summed E-state index contributed by atoms with van der Waals surface area (Å²) >= 11 is 0. The predicted octanol–water partition coefficient (Wildman–Crippen LogP) is 1.94. The van der Waals surface area contributed by atoms with E-state index in [9.17, 15) is 18.8 Å². The molecule has 3 atom stereocenters. The second-order valence-corrected chi connectivity index (χ2v) is 8.06. The zero-order valence-corrected chi connectivity index (χ0v) is 17.6. The molecule has 9 heteroatoms. The van der Waals surface area contributed by atoms with E-state index in [2.05, 4.69) is 16.0 Å². The van der Waals surface area contributed by atoms with Crippen LogP contribution in [0.2, 0.25) is 0 Å². The number of carbonyl (C=O) groups is 3. The molecule has 0 saturated carbocycles. The van der Waals surface area contributed by atoms with E-state index < -0.39 is 30.0 Å². The number of benzene rings is 2. The molecule has 32 heavy (non-hydrogen) atoms. The average Bonchev–Trinajstić information content (AvgIpc) is 3.19. The number of anilines is 1. The van der Waals surface area contributed by atoms with Gasteiger partial charge < -0.3 is 25.6 Å². The van der Waals surface area contributed by atoms with Crippen molar-refractivity contribution in [2.45, 2.75) is 38.1 Å². The van der Waals surface area contributed by atoms with Crippen molar-refractivity contribution in [2.75, 3.05) is 18.5 Å². The molecule has 2 aromatic rings. The van der Waals surface area contributed by atoms with Crippen LogP contribution in [0.3, 0.4) is 0 Å².